The molecule has 1 unspecified atom stereocenters. The molecule has 0 aromatic heterocycles. The van der Waals surface area contributed by atoms with Gasteiger partial charge in [0, 0.05) is 18.6 Å². The van der Waals surface area contributed by atoms with Crippen molar-refractivity contribution in [2.24, 2.45) is 5.92 Å². The van der Waals surface area contributed by atoms with Crippen LogP contribution in [0.4, 0.5) is 0 Å². The Bertz CT molecular complexity index is 207. The van der Waals surface area contributed by atoms with Gasteiger partial charge in [-0.3, -0.25) is 0 Å². The molecule has 86 valence electrons. The molecule has 0 aromatic carbocycles. The summed E-state index contributed by atoms with van der Waals surface area (Å²) in [6, 6.07) is 0. The van der Waals surface area contributed by atoms with Crippen molar-refractivity contribution < 1.29 is 19.0 Å². The van der Waals surface area contributed by atoms with Gasteiger partial charge in [0.2, 0.25) is 0 Å². The summed E-state index contributed by atoms with van der Waals surface area (Å²) >= 11 is 0. The highest BCUT2D eigenvalue weighted by molar-refractivity contribution is 5.81. The van der Waals surface area contributed by atoms with Gasteiger partial charge in [-0.25, -0.2) is 4.79 Å². The Morgan fingerprint density at radius 3 is 3.13 bits per heavy atom. The molecule has 1 aliphatic rings. The molecule has 4 heteroatoms. The lowest BCUT2D eigenvalue weighted by atomic mass is 10.1. The van der Waals surface area contributed by atoms with Crippen LogP contribution in [0.1, 0.15) is 13.3 Å². The third kappa shape index (κ3) is 5.54. The third-order valence-corrected chi connectivity index (χ3v) is 2.13. The van der Waals surface area contributed by atoms with Crippen LogP contribution in [0.3, 0.4) is 0 Å². The predicted octanol–water partition coefficient (Wildman–Crippen LogP) is 1.16. The smallest absolute Gasteiger partial charge is 0.330 e. The standard InChI is InChI=1S/C11H18O4/c1-2-15-11(12)4-3-6-13-8-10-5-7-14-9-10/h3-4,10H,2,5-9H2,1H3/b4-3+. The summed E-state index contributed by atoms with van der Waals surface area (Å²) in [7, 11) is 0. The number of hydrogen-bond donors (Lipinski definition) is 0. The van der Waals surface area contributed by atoms with Crippen LogP contribution in [0.2, 0.25) is 0 Å². The minimum absolute atomic E-state index is 0.315. The van der Waals surface area contributed by atoms with Gasteiger partial charge in [0.15, 0.2) is 0 Å². The Morgan fingerprint density at radius 2 is 2.47 bits per heavy atom. The molecule has 0 bridgehead atoms. The Balaban J connectivity index is 1.97. The molecule has 0 aliphatic carbocycles. The molecular formula is C11H18O4. The second-order valence-electron chi connectivity index (χ2n) is 3.42. The van der Waals surface area contributed by atoms with Crippen molar-refractivity contribution in [1.82, 2.24) is 0 Å². The maximum Gasteiger partial charge on any atom is 0.330 e. The van der Waals surface area contributed by atoms with E-state index in [2.05, 4.69) is 0 Å². The molecule has 0 N–H and O–H groups in total. The second-order valence-corrected chi connectivity index (χ2v) is 3.42. The van der Waals surface area contributed by atoms with Crippen LogP contribution in [-0.2, 0) is 19.0 Å². The van der Waals surface area contributed by atoms with Crippen molar-refractivity contribution in [2.45, 2.75) is 13.3 Å². The summed E-state index contributed by atoms with van der Waals surface area (Å²) in [5.41, 5.74) is 0. The average Bonchev–Trinajstić information content (AvgIpc) is 2.70. The number of hydrogen-bond acceptors (Lipinski definition) is 4. The summed E-state index contributed by atoms with van der Waals surface area (Å²) < 4.78 is 15.3. The fraction of sp³-hybridized carbons (Fsp3) is 0.727. The Morgan fingerprint density at radius 1 is 1.60 bits per heavy atom. The van der Waals surface area contributed by atoms with Gasteiger partial charge in [-0.05, 0) is 13.3 Å². The minimum Gasteiger partial charge on any atom is -0.463 e. The van der Waals surface area contributed by atoms with Crippen LogP contribution < -0.4 is 0 Å². The number of carbonyl (C=O) groups is 1. The number of rotatable bonds is 6. The van der Waals surface area contributed by atoms with Crippen molar-refractivity contribution in [2.75, 3.05) is 33.0 Å². The van der Waals surface area contributed by atoms with Gasteiger partial charge in [-0.2, -0.15) is 0 Å². The van der Waals surface area contributed by atoms with E-state index in [1.165, 1.54) is 6.08 Å². The molecule has 1 saturated heterocycles. The molecule has 15 heavy (non-hydrogen) atoms. The van der Waals surface area contributed by atoms with E-state index in [-0.39, 0.29) is 5.97 Å². The highest BCUT2D eigenvalue weighted by Gasteiger charge is 2.14. The quantitative estimate of drug-likeness (QED) is 0.378. The number of ether oxygens (including phenoxy) is 3. The third-order valence-electron chi connectivity index (χ3n) is 2.13. The summed E-state index contributed by atoms with van der Waals surface area (Å²) in [6.07, 6.45) is 4.14. The first kappa shape index (κ1) is 12.2. The van der Waals surface area contributed by atoms with E-state index in [0.29, 0.717) is 25.7 Å². The van der Waals surface area contributed by atoms with Crippen LogP contribution in [0.5, 0.6) is 0 Å². The first-order valence-electron chi connectivity index (χ1n) is 5.31. The first-order chi connectivity index (χ1) is 7.33. The Kier molecular flexibility index (Phi) is 6.04. The van der Waals surface area contributed by atoms with Crippen LogP contribution in [0.25, 0.3) is 0 Å². The Labute approximate surface area is 90.2 Å². The van der Waals surface area contributed by atoms with Crippen molar-refractivity contribution in [3.63, 3.8) is 0 Å². The fourth-order valence-corrected chi connectivity index (χ4v) is 1.35. The molecule has 0 aromatic rings. The minimum atomic E-state index is -0.315. The zero-order chi connectivity index (χ0) is 10.9. The highest BCUT2D eigenvalue weighted by atomic mass is 16.5. The summed E-state index contributed by atoms with van der Waals surface area (Å²) in [6.45, 7) is 4.97. The average molecular weight is 214 g/mol. The van der Waals surface area contributed by atoms with Gasteiger partial charge in [0.25, 0.3) is 0 Å². The van der Waals surface area contributed by atoms with Crippen LogP contribution in [0.15, 0.2) is 12.2 Å². The second kappa shape index (κ2) is 7.43. The molecule has 1 rings (SSSR count). The van der Waals surface area contributed by atoms with E-state index >= 15 is 0 Å². The molecule has 1 heterocycles. The molecule has 0 saturated carbocycles. The van der Waals surface area contributed by atoms with Gasteiger partial charge in [-0.15, -0.1) is 0 Å². The molecule has 4 nitrogen and oxygen atoms in total. The maximum atomic E-state index is 10.9. The van der Waals surface area contributed by atoms with E-state index in [1.54, 1.807) is 13.0 Å². The normalized spacial score (nSPS) is 21.0. The lowest BCUT2D eigenvalue weighted by Crippen LogP contribution is -2.09. The lowest BCUT2D eigenvalue weighted by molar-refractivity contribution is -0.137. The molecule has 1 atom stereocenters. The van der Waals surface area contributed by atoms with E-state index in [0.717, 1.165) is 19.6 Å². The van der Waals surface area contributed by atoms with Crippen LogP contribution >= 0.6 is 0 Å². The van der Waals surface area contributed by atoms with E-state index in [4.69, 9.17) is 14.2 Å². The van der Waals surface area contributed by atoms with Gasteiger partial charge in [0.05, 0.1) is 26.4 Å². The van der Waals surface area contributed by atoms with Crippen molar-refractivity contribution in [1.29, 1.82) is 0 Å². The van der Waals surface area contributed by atoms with Gasteiger partial charge >= 0.3 is 5.97 Å². The van der Waals surface area contributed by atoms with E-state index in [9.17, 15) is 4.79 Å². The van der Waals surface area contributed by atoms with Crippen LogP contribution in [0, 0.1) is 5.92 Å². The van der Waals surface area contributed by atoms with Crippen molar-refractivity contribution in [3.8, 4) is 0 Å². The predicted molar refractivity (Wildman–Crippen MR) is 55.5 cm³/mol. The van der Waals surface area contributed by atoms with Crippen molar-refractivity contribution in [3.05, 3.63) is 12.2 Å². The first-order valence-corrected chi connectivity index (χ1v) is 5.31. The number of esters is 1. The molecule has 0 amide bonds. The molecular weight excluding hydrogens is 196 g/mol. The lowest BCUT2D eigenvalue weighted by Gasteiger charge is -2.05. The number of carbonyl (C=O) groups excluding carboxylic acids is 1. The van der Waals surface area contributed by atoms with E-state index in [1.807, 2.05) is 0 Å². The summed E-state index contributed by atoms with van der Waals surface area (Å²) in [5.74, 6) is 0.200. The summed E-state index contributed by atoms with van der Waals surface area (Å²) in [5, 5.41) is 0. The van der Waals surface area contributed by atoms with Gasteiger partial charge in [-0.1, -0.05) is 6.08 Å². The molecule has 1 fully saturated rings. The zero-order valence-corrected chi connectivity index (χ0v) is 9.11. The molecule has 1 aliphatic heterocycles. The van der Waals surface area contributed by atoms with Gasteiger partial charge in [0.1, 0.15) is 0 Å². The van der Waals surface area contributed by atoms with E-state index < -0.39 is 0 Å². The van der Waals surface area contributed by atoms with Crippen LogP contribution in [-0.4, -0.2) is 39.0 Å². The van der Waals surface area contributed by atoms with Crippen molar-refractivity contribution >= 4 is 5.97 Å². The summed E-state index contributed by atoms with van der Waals surface area (Å²) in [4.78, 5) is 10.9. The highest BCUT2D eigenvalue weighted by Crippen LogP contribution is 2.11. The Hall–Kier alpha value is -0.870. The maximum absolute atomic E-state index is 10.9. The fourth-order valence-electron chi connectivity index (χ4n) is 1.35. The SMILES string of the molecule is CCOC(=O)/C=C/COCC1CCOC1. The zero-order valence-electron chi connectivity index (χ0n) is 9.11. The largest absolute Gasteiger partial charge is 0.463 e. The van der Waals surface area contributed by atoms with Gasteiger partial charge < -0.3 is 14.2 Å². The molecule has 0 radical (unpaired) electrons. The molecule has 0 spiro atoms. The topological polar surface area (TPSA) is 44.8 Å². The monoisotopic (exact) mass is 214 g/mol.